The van der Waals surface area contributed by atoms with Gasteiger partial charge in [-0.1, -0.05) is 17.7 Å². The van der Waals surface area contributed by atoms with Crippen molar-refractivity contribution in [3.63, 3.8) is 0 Å². The zero-order valence-electron chi connectivity index (χ0n) is 13.6. The van der Waals surface area contributed by atoms with E-state index in [1.165, 1.54) is 38.4 Å². The summed E-state index contributed by atoms with van der Waals surface area (Å²) in [4.78, 5) is 12.2. The Morgan fingerprint density at radius 2 is 1.77 bits per heavy atom. The molecule has 0 fully saturated rings. The van der Waals surface area contributed by atoms with Gasteiger partial charge in [0.05, 0.1) is 15.5 Å². The van der Waals surface area contributed by atoms with E-state index >= 15 is 0 Å². The second-order valence-electron chi connectivity index (χ2n) is 5.46. The highest BCUT2D eigenvalue weighted by Gasteiger charge is 2.33. The monoisotopic (exact) mass is 406 g/mol. The van der Waals surface area contributed by atoms with Crippen molar-refractivity contribution in [1.82, 2.24) is 4.31 Å². The van der Waals surface area contributed by atoms with Crippen molar-refractivity contribution in [2.24, 2.45) is 0 Å². The van der Waals surface area contributed by atoms with Crippen LogP contribution in [0.3, 0.4) is 0 Å². The van der Waals surface area contributed by atoms with Crippen LogP contribution in [0.2, 0.25) is 5.02 Å². The maximum Gasteiger partial charge on any atom is 0.417 e. The van der Waals surface area contributed by atoms with Crippen LogP contribution < -0.4 is 5.32 Å². The highest BCUT2D eigenvalue weighted by Crippen LogP contribution is 2.36. The SMILES string of the molecule is CN(C)S(=O)(=O)c1cccc(C(=O)Nc2ccc(Cl)c(C(F)(F)F)c2)c1. The average molecular weight is 407 g/mol. The van der Waals surface area contributed by atoms with Crippen LogP contribution in [0.1, 0.15) is 15.9 Å². The van der Waals surface area contributed by atoms with Crippen LogP contribution in [0.15, 0.2) is 47.4 Å². The summed E-state index contributed by atoms with van der Waals surface area (Å²) >= 11 is 5.53. The zero-order chi connectivity index (χ0) is 19.7. The van der Waals surface area contributed by atoms with Gasteiger partial charge in [-0.3, -0.25) is 4.79 Å². The van der Waals surface area contributed by atoms with Gasteiger partial charge in [0.25, 0.3) is 5.91 Å². The van der Waals surface area contributed by atoms with E-state index in [2.05, 4.69) is 5.32 Å². The number of benzene rings is 2. The van der Waals surface area contributed by atoms with Gasteiger partial charge in [-0.25, -0.2) is 12.7 Å². The molecular weight excluding hydrogens is 393 g/mol. The summed E-state index contributed by atoms with van der Waals surface area (Å²) in [6.45, 7) is 0. The van der Waals surface area contributed by atoms with E-state index in [1.54, 1.807) is 0 Å². The first-order valence-electron chi connectivity index (χ1n) is 7.13. The highest BCUT2D eigenvalue weighted by atomic mass is 35.5. The molecule has 0 heterocycles. The minimum absolute atomic E-state index is 0.0172. The molecule has 0 atom stereocenters. The first-order valence-corrected chi connectivity index (χ1v) is 8.95. The molecule has 0 saturated carbocycles. The molecule has 0 bridgehead atoms. The summed E-state index contributed by atoms with van der Waals surface area (Å²) in [6, 6.07) is 8.13. The summed E-state index contributed by atoms with van der Waals surface area (Å²) in [7, 11) is -1.07. The van der Waals surface area contributed by atoms with Crippen LogP contribution in [-0.2, 0) is 16.2 Å². The van der Waals surface area contributed by atoms with Crippen molar-refractivity contribution in [3.8, 4) is 0 Å². The Morgan fingerprint density at radius 3 is 2.35 bits per heavy atom. The Bertz CT molecular complexity index is 944. The van der Waals surface area contributed by atoms with E-state index in [4.69, 9.17) is 11.6 Å². The summed E-state index contributed by atoms with van der Waals surface area (Å²) in [5.74, 6) is -0.753. The summed E-state index contributed by atoms with van der Waals surface area (Å²) in [6.07, 6.45) is -4.67. The molecule has 10 heteroatoms. The van der Waals surface area contributed by atoms with Crippen molar-refractivity contribution in [2.75, 3.05) is 19.4 Å². The lowest BCUT2D eigenvalue weighted by Gasteiger charge is -2.13. The first-order chi connectivity index (χ1) is 11.9. The van der Waals surface area contributed by atoms with Crippen molar-refractivity contribution in [2.45, 2.75) is 11.1 Å². The maximum absolute atomic E-state index is 12.9. The topological polar surface area (TPSA) is 66.5 Å². The second kappa shape index (κ2) is 7.26. The van der Waals surface area contributed by atoms with E-state index in [0.717, 1.165) is 16.4 Å². The van der Waals surface area contributed by atoms with Gasteiger partial charge >= 0.3 is 6.18 Å². The minimum Gasteiger partial charge on any atom is -0.322 e. The second-order valence-corrected chi connectivity index (χ2v) is 8.02. The normalized spacial score (nSPS) is 12.3. The van der Waals surface area contributed by atoms with E-state index < -0.39 is 32.7 Å². The number of hydrogen-bond acceptors (Lipinski definition) is 3. The largest absolute Gasteiger partial charge is 0.417 e. The molecule has 0 aromatic heterocycles. The molecule has 0 aliphatic rings. The van der Waals surface area contributed by atoms with Gasteiger partial charge in [0.1, 0.15) is 0 Å². The van der Waals surface area contributed by atoms with Crippen molar-refractivity contribution >= 4 is 33.2 Å². The van der Waals surface area contributed by atoms with Gasteiger partial charge in [0, 0.05) is 25.3 Å². The van der Waals surface area contributed by atoms with Crippen LogP contribution in [0.5, 0.6) is 0 Å². The summed E-state index contributed by atoms with van der Waals surface area (Å²) in [5.41, 5.74) is -1.22. The number of hydrogen-bond donors (Lipinski definition) is 1. The molecular formula is C16H14ClF3N2O3S. The molecule has 0 unspecified atom stereocenters. The molecule has 0 saturated heterocycles. The third-order valence-electron chi connectivity index (χ3n) is 3.40. The fraction of sp³-hybridized carbons (Fsp3) is 0.188. The number of rotatable bonds is 4. The molecule has 0 aliphatic heterocycles. The zero-order valence-corrected chi connectivity index (χ0v) is 15.2. The van der Waals surface area contributed by atoms with Gasteiger partial charge in [-0.05, 0) is 36.4 Å². The number of alkyl halides is 3. The molecule has 2 rings (SSSR count). The molecule has 5 nitrogen and oxygen atoms in total. The Kier molecular flexibility index (Phi) is 5.64. The van der Waals surface area contributed by atoms with Crippen molar-refractivity contribution in [1.29, 1.82) is 0 Å². The predicted molar refractivity (Wildman–Crippen MR) is 91.7 cm³/mol. The fourth-order valence-electron chi connectivity index (χ4n) is 2.03. The quantitative estimate of drug-likeness (QED) is 0.838. The van der Waals surface area contributed by atoms with Gasteiger partial charge in [0.2, 0.25) is 10.0 Å². The van der Waals surface area contributed by atoms with Crippen LogP contribution in [-0.4, -0.2) is 32.7 Å². The van der Waals surface area contributed by atoms with Crippen LogP contribution in [0.4, 0.5) is 18.9 Å². The average Bonchev–Trinajstić information content (AvgIpc) is 2.55. The van der Waals surface area contributed by atoms with E-state index in [0.29, 0.717) is 6.07 Å². The molecule has 0 radical (unpaired) electrons. The summed E-state index contributed by atoms with van der Waals surface area (Å²) in [5, 5.41) is 1.81. The number of carbonyl (C=O) groups is 1. The molecule has 1 N–H and O–H groups in total. The number of nitrogens with zero attached hydrogens (tertiary/aromatic N) is 1. The van der Waals surface area contributed by atoms with Crippen LogP contribution >= 0.6 is 11.6 Å². The molecule has 2 aromatic carbocycles. The maximum atomic E-state index is 12.9. The molecule has 140 valence electrons. The van der Waals surface area contributed by atoms with Gasteiger partial charge in [0.15, 0.2) is 0 Å². The number of sulfonamides is 1. The molecule has 1 amide bonds. The standard InChI is InChI=1S/C16H14ClF3N2O3S/c1-22(2)26(24,25)12-5-3-4-10(8-12)15(23)21-11-6-7-14(17)13(9-11)16(18,19)20/h3-9H,1-2H3,(H,21,23). The number of anilines is 1. The number of carbonyl (C=O) groups excluding carboxylic acids is 1. The molecule has 26 heavy (non-hydrogen) atoms. The lowest BCUT2D eigenvalue weighted by molar-refractivity contribution is -0.137. The number of halogens is 4. The highest BCUT2D eigenvalue weighted by molar-refractivity contribution is 7.89. The van der Waals surface area contributed by atoms with Crippen LogP contribution in [0, 0.1) is 0 Å². The van der Waals surface area contributed by atoms with Gasteiger partial charge in [-0.15, -0.1) is 0 Å². The predicted octanol–water partition coefficient (Wildman–Crippen LogP) is 3.86. The number of amides is 1. The lowest BCUT2D eigenvalue weighted by Crippen LogP contribution is -2.22. The molecule has 2 aromatic rings. The van der Waals surface area contributed by atoms with E-state index in [-0.39, 0.29) is 16.1 Å². The molecule has 0 aliphatic carbocycles. The molecule has 0 spiro atoms. The van der Waals surface area contributed by atoms with Crippen molar-refractivity contribution in [3.05, 3.63) is 58.6 Å². The fourth-order valence-corrected chi connectivity index (χ4v) is 3.20. The van der Waals surface area contributed by atoms with E-state index in [9.17, 15) is 26.4 Å². The Morgan fingerprint density at radius 1 is 1.12 bits per heavy atom. The third kappa shape index (κ3) is 4.35. The Balaban J connectivity index is 2.32. The smallest absolute Gasteiger partial charge is 0.322 e. The summed E-state index contributed by atoms with van der Waals surface area (Å²) < 4.78 is 63.9. The Labute approximate surface area is 153 Å². The van der Waals surface area contributed by atoms with Gasteiger partial charge < -0.3 is 5.32 Å². The van der Waals surface area contributed by atoms with E-state index in [1.807, 2.05) is 0 Å². The number of nitrogens with one attached hydrogen (secondary N) is 1. The minimum atomic E-state index is -4.67. The first kappa shape index (κ1) is 20.2. The van der Waals surface area contributed by atoms with Gasteiger partial charge in [-0.2, -0.15) is 13.2 Å². The lowest BCUT2D eigenvalue weighted by atomic mass is 10.1. The Hall–Kier alpha value is -2.10. The van der Waals surface area contributed by atoms with Crippen LogP contribution in [0.25, 0.3) is 0 Å². The van der Waals surface area contributed by atoms with Crippen molar-refractivity contribution < 1.29 is 26.4 Å². The third-order valence-corrected chi connectivity index (χ3v) is 5.55.